The number of carbonyl (C=O) groups excluding carboxylic acids is 1. The maximum absolute atomic E-state index is 12.3. The Morgan fingerprint density at radius 1 is 1.32 bits per heavy atom. The summed E-state index contributed by atoms with van der Waals surface area (Å²) in [5.74, 6) is 0.228. The third-order valence-electron chi connectivity index (χ3n) is 3.59. The Hall–Kier alpha value is -0.870. The Balaban J connectivity index is 1.85. The van der Waals surface area contributed by atoms with Crippen molar-refractivity contribution in [2.75, 3.05) is 13.1 Å². The van der Waals surface area contributed by atoms with Gasteiger partial charge in [0, 0.05) is 24.1 Å². The highest BCUT2D eigenvalue weighted by Crippen LogP contribution is 2.16. The lowest BCUT2D eigenvalue weighted by Crippen LogP contribution is -2.46. The third-order valence-corrected chi connectivity index (χ3v) is 4.37. The van der Waals surface area contributed by atoms with E-state index in [1.165, 1.54) is 12.0 Å². The average molecular weight is 325 g/mol. The monoisotopic (exact) mass is 324 g/mol. The molecule has 1 amide bonds. The Bertz CT molecular complexity index is 430. The summed E-state index contributed by atoms with van der Waals surface area (Å²) in [6, 6.07) is 7.98. The molecule has 104 valence electrons. The largest absolute Gasteiger partial charge is 0.341 e. The minimum Gasteiger partial charge on any atom is -0.341 e. The molecule has 3 nitrogen and oxygen atoms in total. The van der Waals surface area contributed by atoms with Crippen LogP contribution < -0.4 is 5.32 Å². The minimum atomic E-state index is -0.120. The molecule has 1 aromatic carbocycles. The number of likely N-dealkylation sites (tertiary alicyclic amines) is 1. The summed E-state index contributed by atoms with van der Waals surface area (Å²) in [5, 5.41) is 3.32. The van der Waals surface area contributed by atoms with Gasteiger partial charge in [-0.25, -0.2) is 0 Å². The van der Waals surface area contributed by atoms with Gasteiger partial charge in [0.05, 0.1) is 6.04 Å². The summed E-state index contributed by atoms with van der Waals surface area (Å²) < 4.78 is 1.08. The van der Waals surface area contributed by atoms with Crippen LogP contribution in [0, 0.1) is 0 Å². The molecular formula is C15H21BrN2O. The lowest BCUT2D eigenvalue weighted by atomic mass is 10.1. The van der Waals surface area contributed by atoms with Crippen molar-refractivity contribution < 1.29 is 4.79 Å². The van der Waals surface area contributed by atoms with E-state index in [1.54, 1.807) is 0 Å². The van der Waals surface area contributed by atoms with Gasteiger partial charge in [0.2, 0.25) is 5.91 Å². The maximum Gasteiger partial charge on any atom is 0.239 e. The topological polar surface area (TPSA) is 32.3 Å². The van der Waals surface area contributed by atoms with Crippen molar-refractivity contribution in [1.82, 2.24) is 10.2 Å². The second kappa shape index (κ2) is 7.06. The number of hydrogen-bond donors (Lipinski definition) is 1. The summed E-state index contributed by atoms with van der Waals surface area (Å²) in [6.07, 6.45) is 3.54. The molecule has 1 saturated heterocycles. The van der Waals surface area contributed by atoms with Gasteiger partial charge in [-0.2, -0.15) is 0 Å². The second-order valence-corrected chi connectivity index (χ2v) is 5.93. The first-order valence-electron chi connectivity index (χ1n) is 6.94. The normalized spacial score (nSPS) is 17.3. The molecule has 1 aliphatic rings. The van der Waals surface area contributed by atoms with E-state index in [0.29, 0.717) is 6.54 Å². The lowest BCUT2D eigenvalue weighted by molar-refractivity contribution is -0.133. The fraction of sp³-hybridized carbons (Fsp3) is 0.533. The molecule has 0 aliphatic carbocycles. The molecule has 1 aliphatic heterocycles. The predicted molar refractivity (Wildman–Crippen MR) is 80.9 cm³/mol. The van der Waals surface area contributed by atoms with Crippen LogP contribution in [0.1, 0.15) is 31.7 Å². The van der Waals surface area contributed by atoms with Crippen molar-refractivity contribution in [3.8, 4) is 0 Å². The predicted octanol–water partition coefficient (Wildman–Crippen LogP) is 2.94. The molecule has 1 heterocycles. The van der Waals surface area contributed by atoms with Gasteiger partial charge < -0.3 is 10.2 Å². The summed E-state index contributed by atoms with van der Waals surface area (Å²) in [6.45, 7) is 4.50. The molecule has 4 heteroatoms. The molecule has 1 N–H and O–H groups in total. The highest BCUT2D eigenvalue weighted by atomic mass is 79.9. The molecule has 0 spiro atoms. The van der Waals surface area contributed by atoms with Crippen LogP contribution >= 0.6 is 15.9 Å². The SMILES string of the molecule is CC(NCc1ccccc1Br)C(=O)N1CCCCC1. The number of piperidine rings is 1. The van der Waals surface area contributed by atoms with Crippen LogP contribution in [-0.2, 0) is 11.3 Å². The van der Waals surface area contributed by atoms with E-state index in [4.69, 9.17) is 0 Å². The molecule has 1 atom stereocenters. The Morgan fingerprint density at radius 3 is 2.68 bits per heavy atom. The van der Waals surface area contributed by atoms with E-state index in [1.807, 2.05) is 30.0 Å². The van der Waals surface area contributed by atoms with Gasteiger partial charge >= 0.3 is 0 Å². The zero-order valence-corrected chi connectivity index (χ0v) is 12.9. The quantitative estimate of drug-likeness (QED) is 0.923. The molecule has 0 radical (unpaired) electrons. The van der Waals surface area contributed by atoms with Crippen LogP contribution in [0.25, 0.3) is 0 Å². The van der Waals surface area contributed by atoms with Crippen LogP contribution in [0.3, 0.4) is 0 Å². The van der Waals surface area contributed by atoms with Gasteiger partial charge in [0.1, 0.15) is 0 Å². The van der Waals surface area contributed by atoms with Crippen molar-refractivity contribution >= 4 is 21.8 Å². The number of hydrogen-bond acceptors (Lipinski definition) is 2. The third kappa shape index (κ3) is 4.05. The van der Waals surface area contributed by atoms with Crippen molar-refractivity contribution in [2.24, 2.45) is 0 Å². The summed E-state index contributed by atoms with van der Waals surface area (Å²) >= 11 is 3.52. The highest BCUT2D eigenvalue weighted by molar-refractivity contribution is 9.10. The van der Waals surface area contributed by atoms with Gasteiger partial charge in [-0.1, -0.05) is 34.1 Å². The number of benzene rings is 1. The van der Waals surface area contributed by atoms with Crippen molar-refractivity contribution in [2.45, 2.75) is 38.8 Å². The number of amides is 1. The van der Waals surface area contributed by atoms with Gasteiger partial charge in [0.15, 0.2) is 0 Å². The average Bonchev–Trinajstić information content (AvgIpc) is 2.46. The maximum atomic E-state index is 12.3. The number of rotatable bonds is 4. The van der Waals surface area contributed by atoms with E-state index < -0.39 is 0 Å². The van der Waals surface area contributed by atoms with Crippen LogP contribution in [0.2, 0.25) is 0 Å². The van der Waals surface area contributed by atoms with E-state index in [2.05, 4.69) is 27.3 Å². The zero-order chi connectivity index (χ0) is 13.7. The van der Waals surface area contributed by atoms with Crippen molar-refractivity contribution in [3.63, 3.8) is 0 Å². The van der Waals surface area contributed by atoms with Crippen LogP contribution in [-0.4, -0.2) is 29.9 Å². The molecule has 1 fully saturated rings. The first kappa shape index (κ1) is 14.5. The van der Waals surface area contributed by atoms with Gasteiger partial charge in [-0.15, -0.1) is 0 Å². The summed E-state index contributed by atoms with van der Waals surface area (Å²) in [5.41, 5.74) is 1.18. The highest BCUT2D eigenvalue weighted by Gasteiger charge is 2.21. The Morgan fingerprint density at radius 2 is 2.00 bits per heavy atom. The van der Waals surface area contributed by atoms with Crippen LogP contribution in [0.4, 0.5) is 0 Å². The number of carbonyl (C=O) groups is 1. The smallest absolute Gasteiger partial charge is 0.239 e. The zero-order valence-electron chi connectivity index (χ0n) is 11.4. The molecular weight excluding hydrogens is 304 g/mol. The summed E-state index contributed by atoms with van der Waals surface area (Å²) in [4.78, 5) is 14.2. The summed E-state index contributed by atoms with van der Waals surface area (Å²) in [7, 11) is 0. The van der Waals surface area contributed by atoms with Gasteiger partial charge in [-0.05, 0) is 37.8 Å². The van der Waals surface area contributed by atoms with Crippen LogP contribution in [0.5, 0.6) is 0 Å². The van der Waals surface area contributed by atoms with E-state index >= 15 is 0 Å². The lowest BCUT2D eigenvalue weighted by Gasteiger charge is -2.29. The van der Waals surface area contributed by atoms with E-state index in [0.717, 1.165) is 30.4 Å². The number of nitrogens with one attached hydrogen (secondary N) is 1. The standard InChI is InChI=1S/C15H21BrN2O/c1-12(15(19)18-9-5-2-6-10-18)17-11-13-7-3-4-8-14(13)16/h3-4,7-8,12,17H,2,5-6,9-11H2,1H3. The van der Waals surface area contributed by atoms with E-state index in [-0.39, 0.29) is 11.9 Å². The van der Waals surface area contributed by atoms with Crippen LogP contribution in [0.15, 0.2) is 28.7 Å². The molecule has 0 bridgehead atoms. The van der Waals surface area contributed by atoms with Crippen molar-refractivity contribution in [1.29, 1.82) is 0 Å². The molecule has 1 unspecified atom stereocenters. The first-order valence-corrected chi connectivity index (χ1v) is 7.73. The Kier molecular flexibility index (Phi) is 5.40. The van der Waals surface area contributed by atoms with Gasteiger partial charge in [0.25, 0.3) is 0 Å². The van der Waals surface area contributed by atoms with Gasteiger partial charge in [-0.3, -0.25) is 4.79 Å². The second-order valence-electron chi connectivity index (χ2n) is 5.08. The Labute approximate surface area is 123 Å². The number of nitrogens with zero attached hydrogens (tertiary/aromatic N) is 1. The molecule has 0 saturated carbocycles. The van der Waals surface area contributed by atoms with Crippen molar-refractivity contribution in [3.05, 3.63) is 34.3 Å². The minimum absolute atomic E-state index is 0.120. The van der Waals surface area contributed by atoms with E-state index in [9.17, 15) is 4.79 Å². The number of halogens is 1. The fourth-order valence-corrected chi connectivity index (χ4v) is 2.81. The fourth-order valence-electron chi connectivity index (χ4n) is 2.38. The first-order chi connectivity index (χ1) is 9.18. The molecule has 1 aromatic rings. The molecule has 19 heavy (non-hydrogen) atoms. The molecule has 0 aromatic heterocycles. The molecule has 2 rings (SSSR count).